The maximum absolute atomic E-state index is 5.48. The molecule has 0 aliphatic carbocycles. The van der Waals surface area contributed by atoms with E-state index in [9.17, 15) is 0 Å². The Kier molecular flexibility index (Phi) is 3.92. The predicted octanol–water partition coefficient (Wildman–Crippen LogP) is 1.81. The number of nitrogens with zero attached hydrogens (tertiary/aromatic N) is 4. The topological polar surface area (TPSA) is 64.9 Å². The molecule has 1 aromatic heterocycles. The SMILES string of the molecule is Cc1ccc(-n2nnnc2NC[C@H]2CCCOC2)cc1. The minimum absolute atomic E-state index is 0.534. The van der Waals surface area contributed by atoms with Crippen LogP contribution < -0.4 is 5.32 Å². The van der Waals surface area contributed by atoms with Crippen molar-refractivity contribution in [1.29, 1.82) is 0 Å². The lowest BCUT2D eigenvalue weighted by atomic mass is 10.0. The molecular formula is C14H19N5O. The summed E-state index contributed by atoms with van der Waals surface area (Å²) in [6.07, 6.45) is 2.33. The summed E-state index contributed by atoms with van der Waals surface area (Å²) in [4.78, 5) is 0. The molecule has 1 saturated heterocycles. The zero-order valence-corrected chi connectivity index (χ0v) is 11.6. The van der Waals surface area contributed by atoms with Gasteiger partial charge >= 0.3 is 0 Å². The maximum Gasteiger partial charge on any atom is 0.247 e. The molecule has 2 aromatic rings. The zero-order chi connectivity index (χ0) is 13.8. The Hall–Kier alpha value is -1.95. The Labute approximate surface area is 118 Å². The van der Waals surface area contributed by atoms with Crippen molar-refractivity contribution in [1.82, 2.24) is 20.2 Å². The first-order valence-corrected chi connectivity index (χ1v) is 7.00. The zero-order valence-electron chi connectivity index (χ0n) is 11.6. The number of aromatic nitrogens is 4. The van der Waals surface area contributed by atoms with Crippen LogP contribution in [0.15, 0.2) is 24.3 Å². The number of aryl methyl sites for hydroxylation is 1. The molecule has 1 aromatic carbocycles. The minimum Gasteiger partial charge on any atom is -0.381 e. The molecule has 6 nitrogen and oxygen atoms in total. The quantitative estimate of drug-likeness (QED) is 0.920. The second-order valence-electron chi connectivity index (χ2n) is 5.21. The largest absolute Gasteiger partial charge is 0.381 e. The lowest BCUT2D eigenvalue weighted by Crippen LogP contribution is -2.25. The van der Waals surface area contributed by atoms with E-state index in [1.165, 1.54) is 12.0 Å². The van der Waals surface area contributed by atoms with E-state index in [1.807, 2.05) is 12.1 Å². The fraction of sp³-hybridized carbons (Fsp3) is 0.500. The summed E-state index contributed by atoms with van der Waals surface area (Å²) in [6.45, 7) is 4.61. The van der Waals surface area contributed by atoms with E-state index in [2.05, 4.69) is 39.9 Å². The first kappa shape index (κ1) is 13.1. The molecule has 106 valence electrons. The summed E-state index contributed by atoms with van der Waals surface area (Å²) in [5.74, 6) is 1.21. The smallest absolute Gasteiger partial charge is 0.247 e. The van der Waals surface area contributed by atoms with Crippen molar-refractivity contribution in [3.8, 4) is 5.69 Å². The van der Waals surface area contributed by atoms with Crippen molar-refractivity contribution in [2.24, 2.45) is 5.92 Å². The fourth-order valence-corrected chi connectivity index (χ4v) is 2.36. The summed E-state index contributed by atoms with van der Waals surface area (Å²) in [6, 6.07) is 8.13. The molecule has 1 aliphatic heterocycles. The number of rotatable bonds is 4. The minimum atomic E-state index is 0.534. The van der Waals surface area contributed by atoms with Crippen LogP contribution in [0.5, 0.6) is 0 Å². The molecule has 1 fully saturated rings. The number of tetrazole rings is 1. The molecule has 0 spiro atoms. The van der Waals surface area contributed by atoms with Gasteiger partial charge in [-0.3, -0.25) is 0 Å². The van der Waals surface area contributed by atoms with Crippen LogP contribution in [0.2, 0.25) is 0 Å². The second kappa shape index (κ2) is 6.00. The van der Waals surface area contributed by atoms with Gasteiger partial charge in [0, 0.05) is 13.2 Å². The van der Waals surface area contributed by atoms with Crippen LogP contribution >= 0.6 is 0 Å². The summed E-state index contributed by atoms with van der Waals surface area (Å²) >= 11 is 0. The fourth-order valence-electron chi connectivity index (χ4n) is 2.36. The van der Waals surface area contributed by atoms with Crippen LogP contribution in [-0.2, 0) is 4.74 Å². The van der Waals surface area contributed by atoms with Gasteiger partial charge in [-0.1, -0.05) is 22.8 Å². The van der Waals surface area contributed by atoms with Gasteiger partial charge in [0.05, 0.1) is 12.3 Å². The lowest BCUT2D eigenvalue weighted by molar-refractivity contribution is 0.0594. The average molecular weight is 273 g/mol. The summed E-state index contributed by atoms with van der Waals surface area (Å²) in [5.41, 5.74) is 2.18. The molecule has 0 unspecified atom stereocenters. The van der Waals surface area contributed by atoms with Gasteiger partial charge in [-0.25, -0.2) is 0 Å². The van der Waals surface area contributed by atoms with Crippen molar-refractivity contribution >= 4 is 5.95 Å². The number of hydrogen-bond donors (Lipinski definition) is 1. The van der Waals surface area contributed by atoms with Gasteiger partial charge in [0.25, 0.3) is 0 Å². The highest BCUT2D eigenvalue weighted by molar-refractivity contribution is 5.39. The summed E-state index contributed by atoms with van der Waals surface area (Å²) < 4.78 is 7.21. The third kappa shape index (κ3) is 2.96. The van der Waals surface area contributed by atoms with Crippen molar-refractivity contribution in [3.05, 3.63) is 29.8 Å². The highest BCUT2D eigenvalue weighted by Gasteiger charge is 2.15. The Morgan fingerprint density at radius 3 is 2.95 bits per heavy atom. The Morgan fingerprint density at radius 1 is 1.35 bits per heavy atom. The van der Waals surface area contributed by atoms with Crippen molar-refractivity contribution in [2.75, 3.05) is 25.1 Å². The third-order valence-electron chi connectivity index (χ3n) is 3.55. The van der Waals surface area contributed by atoms with Gasteiger partial charge < -0.3 is 10.1 Å². The van der Waals surface area contributed by atoms with Crippen molar-refractivity contribution in [2.45, 2.75) is 19.8 Å². The summed E-state index contributed by atoms with van der Waals surface area (Å²) in [5, 5.41) is 15.2. The van der Waals surface area contributed by atoms with Crippen LogP contribution in [0.1, 0.15) is 18.4 Å². The molecule has 3 rings (SSSR count). The Bertz CT molecular complexity index is 545. The van der Waals surface area contributed by atoms with Gasteiger partial charge in [0.1, 0.15) is 0 Å². The third-order valence-corrected chi connectivity index (χ3v) is 3.55. The molecule has 1 atom stereocenters. The molecule has 1 aliphatic rings. The molecular weight excluding hydrogens is 254 g/mol. The molecule has 20 heavy (non-hydrogen) atoms. The first-order valence-electron chi connectivity index (χ1n) is 7.00. The van der Waals surface area contributed by atoms with Crippen LogP contribution in [-0.4, -0.2) is 40.0 Å². The first-order chi connectivity index (χ1) is 9.83. The van der Waals surface area contributed by atoms with Gasteiger partial charge in [-0.15, -0.1) is 0 Å². The van der Waals surface area contributed by atoms with Crippen molar-refractivity contribution in [3.63, 3.8) is 0 Å². The normalized spacial score (nSPS) is 18.9. The van der Waals surface area contributed by atoms with Crippen LogP contribution in [0.25, 0.3) is 5.69 Å². The molecule has 1 N–H and O–H groups in total. The Morgan fingerprint density at radius 2 is 2.20 bits per heavy atom. The maximum atomic E-state index is 5.48. The van der Waals surface area contributed by atoms with E-state index >= 15 is 0 Å². The molecule has 2 heterocycles. The number of nitrogens with one attached hydrogen (secondary N) is 1. The van der Waals surface area contributed by atoms with Crippen LogP contribution in [0, 0.1) is 12.8 Å². The lowest BCUT2D eigenvalue weighted by Gasteiger charge is -2.22. The molecule has 0 amide bonds. The number of anilines is 1. The molecule has 0 radical (unpaired) electrons. The van der Waals surface area contributed by atoms with E-state index in [1.54, 1.807) is 4.68 Å². The van der Waals surface area contributed by atoms with E-state index in [-0.39, 0.29) is 0 Å². The highest BCUT2D eigenvalue weighted by Crippen LogP contribution is 2.16. The highest BCUT2D eigenvalue weighted by atomic mass is 16.5. The number of benzene rings is 1. The van der Waals surface area contributed by atoms with E-state index in [4.69, 9.17) is 4.74 Å². The monoisotopic (exact) mass is 273 g/mol. The van der Waals surface area contributed by atoms with Gasteiger partial charge in [-0.2, -0.15) is 4.68 Å². The Balaban J connectivity index is 1.68. The van der Waals surface area contributed by atoms with Gasteiger partial charge in [-0.05, 0) is 48.2 Å². The van der Waals surface area contributed by atoms with Crippen molar-refractivity contribution < 1.29 is 4.74 Å². The summed E-state index contributed by atoms with van der Waals surface area (Å²) in [7, 11) is 0. The van der Waals surface area contributed by atoms with E-state index in [0.717, 1.165) is 31.9 Å². The van der Waals surface area contributed by atoms with E-state index in [0.29, 0.717) is 11.9 Å². The second-order valence-corrected chi connectivity index (χ2v) is 5.21. The molecule has 6 heteroatoms. The van der Waals surface area contributed by atoms with Gasteiger partial charge in [0.2, 0.25) is 5.95 Å². The van der Waals surface area contributed by atoms with Gasteiger partial charge in [0.15, 0.2) is 0 Å². The standard InChI is InChI=1S/C14H19N5O/c1-11-4-6-13(7-5-11)19-14(16-17-18-19)15-9-12-3-2-8-20-10-12/h4-7,12H,2-3,8-10H2,1H3,(H,15,16,18)/t12-/m1/s1. The molecule has 0 saturated carbocycles. The van der Waals surface area contributed by atoms with Crippen LogP contribution in [0.4, 0.5) is 5.95 Å². The number of hydrogen-bond acceptors (Lipinski definition) is 5. The molecule has 0 bridgehead atoms. The van der Waals surface area contributed by atoms with Crippen LogP contribution in [0.3, 0.4) is 0 Å². The predicted molar refractivity (Wildman–Crippen MR) is 75.9 cm³/mol. The average Bonchev–Trinajstić information content (AvgIpc) is 2.95. The van der Waals surface area contributed by atoms with E-state index < -0.39 is 0 Å². The number of ether oxygens (including phenoxy) is 1.